The second-order valence-electron chi connectivity index (χ2n) is 9.22. The predicted octanol–water partition coefficient (Wildman–Crippen LogP) is 5.85. The summed E-state index contributed by atoms with van der Waals surface area (Å²) in [6.45, 7) is 5.84. The molecule has 40 heavy (non-hydrogen) atoms. The molecule has 0 N–H and O–H groups in total. The molecule has 0 radical (unpaired) electrons. The number of carbonyl (C=O) groups is 4. The number of imide groups is 2. The van der Waals surface area contributed by atoms with Crippen molar-refractivity contribution in [3.05, 3.63) is 119 Å². The Labute approximate surface area is 231 Å². The third kappa shape index (κ3) is 4.71. The van der Waals surface area contributed by atoms with Crippen molar-refractivity contribution in [1.29, 1.82) is 0 Å². The summed E-state index contributed by atoms with van der Waals surface area (Å²) in [4.78, 5) is 55.0. The molecule has 1 fully saturated rings. The van der Waals surface area contributed by atoms with Gasteiger partial charge in [-0.3, -0.25) is 9.59 Å². The summed E-state index contributed by atoms with van der Waals surface area (Å²) < 4.78 is 7.04. The molecule has 4 aromatic rings. The van der Waals surface area contributed by atoms with Gasteiger partial charge in [0.2, 0.25) is 0 Å². The summed E-state index contributed by atoms with van der Waals surface area (Å²) >= 11 is 0. The number of aromatic nitrogens is 1. The minimum atomic E-state index is -0.739. The molecule has 2 heterocycles. The van der Waals surface area contributed by atoms with E-state index in [9.17, 15) is 19.2 Å². The van der Waals surface area contributed by atoms with E-state index in [-0.39, 0.29) is 5.57 Å². The van der Waals surface area contributed by atoms with Crippen LogP contribution in [0.4, 0.5) is 16.2 Å². The first-order valence-corrected chi connectivity index (χ1v) is 12.8. The number of urea groups is 1. The molecular formula is C32H27N3O5. The largest absolute Gasteiger partial charge is 0.462 e. The Morgan fingerprint density at radius 3 is 1.77 bits per heavy atom. The molecule has 8 heteroatoms. The number of nitrogens with zero attached hydrogens (tertiary/aromatic N) is 3. The highest BCUT2D eigenvalue weighted by atomic mass is 16.5. The quantitative estimate of drug-likeness (QED) is 0.176. The molecule has 200 valence electrons. The van der Waals surface area contributed by atoms with Crippen molar-refractivity contribution in [2.75, 3.05) is 16.4 Å². The van der Waals surface area contributed by atoms with E-state index in [2.05, 4.69) is 0 Å². The van der Waals surface area contributed by atoms with Gasteiger partial charge in [0.25, 0.3) is 11.8 Å². The first kappa shape index (κ1) is 26.4. The SMILES string of the molecule is CCOC(=O)c1ccc(-n2c(C)cc(C=C3C(=O)N(c4ccccc4)C(=O)N(c4ccccc4)C3=O)c2C)cc1. The van der Waals surface area contributed by atoms with Crippen molar-refractivity contribution in [3.63, 3.8) is 0 Å². The van der Waals surface area contributed by atoms with Crippen LogP contribution in [-0.2, 0) is 14.3 Å². The lowest BCUT2D eigenvalue weighted by molar-refractivity contribution is -0.121. The second-order valence-corrected chi connectivity index (χ2v) is 9.22. The summed E-state index contributed by atoms with van der Waals surface area (Å²) in [6.07, 6.45) is 1.54. The van der Waals surface area contributed by atoms with Crippen LogP contribution in [-0.4, -0.2) is 35.0 Å². The van der Waals surface area contributed by atoms with E-state index in [1.54, 1.807) is 79.7 Å². The number of para-hydroxylation sites is 2. The average Bonchev–Trinajstić information content (AvgIpc) is 3.24. The fourth-order valence-corrected chi connectivity index (χ4v) is 4.79. The van der Waals surface area contributed by atoms with E-state index >= 15 is 0 Å². The number of anilines is 2. The second kappa shape index (κ2) is 10.9. The Balaban J connectivity index is 1.58. The van der Waals surface area contributed by atoms with Gasteiger partial charge >= 0.3 is 12.0 Å². The molecule has 0 saturated carbocycles. The maximum atomic E-state index is 13.7. The van der Waals surface area contributed by atoms with Crippen LogP contribution in [0.15, 0.2) is 96.6 Å². The first-order valence-electron chi connectivity index (χ1n) is 12.8. The number of hydrogen-bond donors (Lipinski definition) is 0. The van der Waals surface area contributed by atoms with Gasteiger partial charge in [-0.1, -0.05) is 36.4 Å². The fraction of sp³-hybridized carbons (Fsp3) is 0.125. The Morgan fingerprint density at radius 1 is 0.750 bits per heavy atom. The molecule has 1 aliphatic heterocycles. The number of benzene rings is 3. The molecule has 4 amide bonds. The molecule has 0 unspecified atom stereocenters. The van der Waals surface area contributed by atoms with Crippen molar-refractivity contribution in [3.8, 4) is 5.69 Å². The van der Waals surface area contributed by atoms with Crippen molar-refractivity contribution in [1.82, 2.24) is 4.57 Å². The predicted molar refractivity (Wildman–Crippen MR) is 152 cm³/mol. The Morgan fingerprint density at radius 2 is 1.27 bits per heavy atom. The number of amides is 4. The monoisotopic (exact) mass is 533 g/mol. The number of hydrogen-bond acceptors (Lipinski definition) is 5. The number of aryl methyl sites for hydroxylation is 1. The number of carbonyl (C=O) groups excluding carboxylic acids is 4. The summed E-state index contributed by atoms with van der Waals surface area (Å²) in [5, 5.41) is 0. The standard InChI is InChI=1S/C32H27N3O5/c1-4-40-31(38)23-15-17-27(18-16-23)33-21(2)19-24(22(33)3)20-28-29(36)34(25-11-7-5-8-12-25)32(39)35(30(28)37)26-13-9-6-10-14-26/h5-20H,4H2,1-3H3. The van der Waals surface area contributed by atoms with Crippen molar-refractivity contribution >= 4 is 41.3 Å². The third-order valence-electron chi connectivity index (χ3n) is 6.69. The van der Waals surface area contributed by atoms with Crippen LogP contribution in [0.5, 0.6) is 0 Å². The van der Waals surface area contributed by atoms with Crippen LogP contribution < -0.4 is 9.80 Å². The molecule has 0 atom stereocenters. The van der Waals surface area contributed by atoms with E-state index in [0.29, 0.717) is 29.1 Å². The van der Waals surface area contributed by atoms with Crippen molar-refractivity contribution in [2.45, 2.75) is 20.8 Å². The minimum absolute atomic E-state index is 0.134. The van der Waals surface area contributed by atoms with Crippen LogP contribution in [0, 0.1) is 13.8 Å². The van der Waals surface area contributed by atoms with Gasteiger partial charge in [0.05, 0.1) is 23.5 Å². The van der Waals surface area contributed by atoms with Gasteiger partial charge in [0, 0.05) is 17.1 Å². The number of barbiturate groups is 1. The van der Waals surface area contributed by atoms with Crippen LogP contribution in [0.25, 0.3) is 11.8 Å². The van der Waals surface area contributed by atoms with Gasteiger partial charge in [-0.25, -0.2) is 19.4 Å². The zero-order chi connectivity index (χ0) is 28.4. The lowest BCUT2D eigenvalue weighted by atomic mass is 10.0. The van der Waals surface area contributed by atoms with Crippen LogP contribution in [0.1, 0.15) is 34.2 Å². The molecule has 0 bridgehead atoms. The normalized spacial score (nSPS) is 13.6. The van der Waals surface area contributed by atoms with Gasteiger partial charge in [-0.15, -0.1) is 0 Å². The highest BCUT2D eigenvalue weighted by Gasteiger charge is 2.43. The van der Waals surface area contributed by atoms with Crippen molar-refractivity contribution < 1.29 is 23.9 Å². The Bertz CT molecular complexity index is 1570. The molecule has 0 aliphatic carbocycles. The molecule has 3 aromatic carbocycles. The lowest BCUT2D eigenvalue weighted by Crippen LogP contribution is -2.57. The summed E-state index contributed by atoms with van der Waals surface area (Å²) in [6, 6.07) is 25.2. The summed E-state index contributed by atoms with van der Waals surface area (Å²) in [5.41, 5.74) is 4.14. The molecule has 0 spiro atoms. The zero-order valence-electron chi connectivity index (χ0n) is 22.3. The molecule has 1 saturated heterocycles. The van der Waals surface area contributed by atoms with Gasteiger partial charge < -0.3 is 9.30 Å². The highest BCUT2D eigenvalue weighted by molar-refractivity contribution is 6.46. The van der Waals surface area contributed by atoms with E-state index in [0.717, 1.165) is 26.9 Å². The van der Waals surface area contributed by atoms with E-state index in [1.165, 1.54) is 6.08 Å². The summed E-state index contributed by atoms with van der Waals surface area (Å²) in [5.74, 6) is -1.79. The Kier molecular flexibility index (Phi) is 7.16. The van der Waals surface area contributed by atoms with Crippen LogP contribution >= 0.6 is 0 Å². The van der Waals surface area contributed by atoms with E-state index in [1.807, 2.05) is 36.6 Å². The maximum Gasteiger partial charge on any atom is 0.343 e. The number of ether oxygens (including phenoxy) is 1. The molecule has 5 rings (SSSR count). The smallest absolute Gasteiger partial charge is 0.343 e. The summed E-state index contributed by atoms with van der Waals surface area (Å²) in [7, 11) is 0. The van der Waals surface area contributed by atoms with Gasteiger partial charge in [0.15, 0.2) is 0 Å². The fourth-order valence-electron chi connectivity index (χ4n) is 4.79. The highest BCUT2D eigenvalue weighted by Crippen LogP contribution is 2.31. The van der Waals surface area contributed by atoms with Crippen LogP contribution in [0.2, 0.25) is 0 Å². The van der Waals surface area contributed by atoms with Gasteiger partial charge in [-0.2, -0.15) is 0 Å². The number of rotatable bonds is 6. The van der Waals surface area contributed by atoms with Crippen LogP contribution in [0.3, 0.4) is 0 Å². The maximum absolute atomic E-state index is 13.7. The molecule has 1 aromatic heterocycles. The third-order valence-corrected chi connectivity index (χ3v) is 6.69. The zero-order valence-corrected chi connectivity index (χ0v) is 22.3. The van der Waals surface area contributed by atoms with Crippen molar-refractivity contribution in [2.24, 2.45) is 0 Å². The average molecular weight is 534 g/mol. The lowest BCUT2D eigenvalue weighted by Gasteiger charge is -2.33. The first-order chi connectivity index (χ1) is 19.3. The number of esters is 1. The molecular weight excluding hydrogens is 506 g/mol. The van der Waals surface area contributed by atoms with Gasteiger partial charge in [-0.05, 0) is 87.0 Å². The molecule has 8 nitrogen and oxygen atoms in total. The van der Waals surface area contributed by atoms with Gasteiger partial charge in [0.1, 0.15) is 5.57 Å². The topological polar surface area (TPSA) is 88.9 Å². The van der Waals surface area contributed by atoms with E-state index < -0.39 is 23.8 Å². The van der Waals surface area contributed by atoms with E-state index in [4.69, 9.17) is 4.74 Å². The minimum Gasteiger partial charge on any atom is -0.462 e. The Hall–Kier alpha value is -5.24. The molecule has 1 aliphatic rings.